The van der Waals surface area contributed by atoms with E-state index in [0.29, 0.717) is 41.8 Å². The quantitative estimate of drug-likeness (QED) is 0.0652. The maximum absolute atomic E-state index is 13.5. The number of nitro groups is 2. The van der Waals surface area contributed by atoms with Gasteiger partial charge in [-0.25, -0.2) is 4.79 Å². The molecule has 5 aromatic rings. The van der Waals surface area contributed by atoms with Crippen molar-refractivity contribution in [2.45, 2.75) is 106 Å². The monoisotopic (exact) mass is 1090 g/mol. The highest BCUT2D eigenvalue weighted by molar-refractivity contribution is 5.69. The Morgan fingerprint density at radius 2 is 1.03 bits per heavy atom. The zero-order valence-electron chi connectivity index (χ0n) is 40.4. The molecule has 5 aromatic carbocycles. The first-order valence-electron chi connectivity index (χ1n) is 23.5. The van der Waals surface area contributed by atoms with Crippen molar-refractivity contribution in [2.75, 3.05) is 26.3 Å². The molecule has 1 amide bonds. The van der Waals surface area contributed by atoms with Crippen molar-refractivity contribution in [1.82, 2.24) is 10.2 Å². The second-order valence-corrected chi connectivity index (χ2v) is 18.4. The molecular weight excluding hydrogens is 1040 g/mol. The third-order valence-electron chi connectivity index (χ3n) is 13.4. The first kappa shape index (κ1) is 58.5. The number of nitrogens with zero attached hydrogens (tertiary/aromatic N) is 3. The lowest BCUT2D eigenvalue weighted by Gasteiger charge is -2.47. The van der Waals surface area contributed by atoms with Crippen molar-refractivity contribution in [2.24, 2.45) is 0 Å². The van der Waals surface area contributed by atoms with Gasteiger partial charge in [-0.2, -0.15) is 52.7 Å². The van der Waals surface area contributed by atoms with Gasteiger partial charge >= 0.3 is 30.8 Å². The zero-order valence-corrected chi connectivity index (χ0v) is 40.4. The van der Waals surface area contributed by atoms with Crippen molar-refractivity contribution in [1.29, 1.82) is 0 Å². The Morgan fingerprint density at radius 1 is 0.618 bits per heavy atom. The third kappa shape index (κ3) is 14.6. The summed E-state index contributed by atoms with van der Waals surface area (Å²) in [6.07, 6.45) is -22.6. The Labute approximate surface area is 428 Å². The summed E-state index contributed by atoms with van der Waals surface area (Å²) in [4.78, 5) is 36.7. The molecule has 2 aliphatic heterocycles. The highest BCUT2D eigenvalue weighted by Crippen LogP contribution is 2.43. The van der Waals surface area contributed by atoms with Crippen molar-refractivity contribution in [3.05, 3.63) is 198 Å². The van der Waals surface area contributed by atoms with Crippen LogP contribution in [0.1, 0.15) is 103 Å². The van der Waals surface area contributed by atoms with Crippen LogP contribution >= 0.6 is 0 Å². The zero-order chi connectivity index (χ0) is 55.9. The Morgan fingerprint density at radius 3 is 1.43 bits per heavy atom. The van der Waals surface area contributed by atoms with Crippen LogP contribution in [0.2, 0.25) is 0 Å². The number of carbonyl (C=O) groups excluding carboxylic acids is 1. The van der Waals surface area contributed by atoms with E-state index in [-0.39, 0.29) is 81.8 Å². The summed E-state index contributed by atoms with van der Waals surface area (Å²) < 4.78 is 177. The molecule has 0 bridgehead atoms. The maximum atomic E-state index is 13.5. The third-order valence-corrected chi connectivity index (χ3v) is 13.4. The number of benzene rings is 5. The molecule has 0 radical (unpaired) electrons. The van der Waals surface area contributed by atoms with Crippen molar-refractivity contribution >= 4 is 6.09 Å². The van der Waals surface area contributed by atoms with E-state index in [1.54, 1.807) is 91.0 Å². The summed E-state index contributed by atoms with van der Waals surface area (Å²) in [5.41, 5.74) is -6.72. The molecule has 0 aliphatic carbocycles. The Kier molecular flexibility index (Phi) is 18.2. The molecule has 2 fully saturated rings. The lowest BCUT2D eigenvalue weighted by Crippen LogP contribution is -2.59. The fraction of sp³-hybridized carbons (Fsp3) is 0.404. The number of ether oxygens (including phenoxy) is 3. The van der Waals surface area contributed by atoms with Crippen molar-refractivity contribution in [3.63, 3.8) is 0 Å². The van der Waals surface area contributed by atoms with Crippen LogP contribution in [0.15, 0.2) is 127 Å². The molecule has 0 spiro atoms. The topological polar surface area (TPSA) is 146 Å². The van der Waals surface area contributed by atoms with Gasteiger partial charge in [0.15, 0.2) is 0 Å². The lowest BCUT2D eigenvalue weighted by atomic mass is 9.79. The van der Waals surface area contributed by atoms with E-state index >= 15 is 0 Å². The van der Waals surface area contributed by atoms with Gasteiger partial charge in [-0.3, -0.25) is 30.4 Å². The van der Waals surface area contributed by atoms with Crippen LogP contribution in [0.5, 0.6) is 0 Å². The Bertz CT molecular complexity index is 2700. The van der Waals surface area contributed by atoms with Gasteiger partial charge in [0.2, 0.25) is 12.1 Å². The van der Waals surface area contributed by atoms with Gasteiger partial charge in [-0.15, -0.1) is 0 Å². The van der Waals surface area contributed by atoms with Crippen LogP contribution in [0.4, 0.5) is 57.5 Å². The fourth-order valence-corrected chi connectivity index (χ4v) is 8.97. The molecule has 2 heterocycles. The van der Waals surface area contributed by atoms with E-state index < -0.39 is 93.3 Å². The lowest BCUT2D eigenvalue weighted by molar-refractivity contribution is -0.528. The fourth-order valence-electron chi connectivity index (χ4n) is 8.97. The van der Waals surface area contributed by atoms with Gasteiger partial charge in [0.05, 0.1) is 71.8 Å². The van der Waals surface area contributed by atoms with Crippen molar-refractivity contribution in [3.8, 4) is 0 Å². The molecule has 2 unspecified atom stereocenters. The minimum atomic E-state index is -5.04. The minimum Gasteiger partial charge on any atom is -0.445 e. The Hall–Kier alpha value is -6.79. The second-order valence-electron chi connectivity index (χ2n) is 18.4. The number of amides is 1. The number of hydrogen-bond acceptors (Lipinski definition) is 9. The molecule has 1 N–H and O–H groups in total. The molecule has 2 saturated heterocycles. The van der Waals surface area contributed by atoms with Crippen molar-refractivity contribution < 1.29 is 83.0 Å². The maximum Gasteiger partial charge on any atom is 0.416 e. The predicted octanol–water partition coefficient (Wildman–Crippen LogP) is 13.7. The summed E-state index contributed by atoms with van der Waals surface area (Å²) in [6, 6.07) is 26.7. The number of nitrogens with one attached hydrogen (secondary N) is 1. The number of likely N-dealkylation sites (tertiary alicyclic amines) is 1. The van der Waals surface area contributed by atoms with Crippen LogP contribution in [-0.4, -0.2) is 59.2 Å². The molecule has 412 valence electrons. The number of piperidine rings is 2. The molecule has 24 heteroatoms. The van der Waals surface area contributed by atoms with Gasteiger partial charge in [0.1, 0.15) is 6.61 Å². The van der Waals surface area contributed by atoms with E-state index in [9.17, 15) is 77.7 Å². The van der Waals surface area contributed by atoms with Gasteiger partial charge in [0, 0.05) is 24.1 Å². The normalized spacial score (nSPS) is 21.2. The van der Waals surface area contributed by atoms with Crippen LogP contribution in [0.25, 0.3) is 0 Å². The Balaban J connectivity index is 0.000000290. The average molecular weight is 1090 g/mol. The van der Waals surface area contributed by atoms with Gasteiger partial charge in [0.25, 0.3) is 0 Å². The number of halogens is 12. The summed E-state index contributed by atoms with van der Waals surface area (Å²) in [7, 11) is 0. The van der Waals surface area contributed by atoms with E-state index in [4.69, 9.17) is 14.2 Å². The van der Waals surface area contributed by atoms with Crippen LogP contribution in [-0.2, 0) is 56.6 Å². The first-order valence-corrected chi connectivity index (χ1v) is 23.5. The summed E-state index contributed by atoms with van der Waals surface area (Å²) >= 11 is 0. The largest absolute Gasteiger partial charge is 0.445 e. The van der Waals surface area contributed by atoms with Gasteiger partial charge in [-0.05, 0) is 90.9 Å². The van der Waals surface area contributed by atoms with E-state index in [1.165, 1.54) is 18.7 Å². The number of alkyl halides is 12. The van der Waals surface area contributed by atoms with Gasteiger partial charge in [-0.1, -0.05) is 91.0 Å². The summed E-state index contributed by atoms with van der Waals surface area (Å²) in [5.74, 6) is 0. The highest BCUT2D eigenvalue weighted by Gasteiger charge is 2.50. The van der Waals surface area contributed by atoms with Crippen LogP contribution in [0, 0.1) is 20.2 Å². The molecule has 0 saturated carbocycles. The average Bonchev–Trinajstić information content (AvgIpc) is 3.39. The molecule has 12 nitrogen and oxygen atoms in total. The number of carbonyl (C=O) groups is 1. The smallest absolute Gasteiger partial charge is 0.416 e. The molecular formula is C52H52F12N4O8. The number of hydrogen-bond donors (Lipinski definition) is 1. The predicted molar refractivity (Wildman–Crippen MR) is 251 cm³/mol. The second kappa shape index (κ2) is 23.6. The van der Waals surface area contributed by atoms with E-state index in [2.05, 4.69) is 5.32 Å². The molecule has 6 atom stereocenters. The van der Waals surface area contributed by atoms with Gasteiger partial charge < -0.3 is 14.2 Å². The molecule has 7 rings (SSSR count). The summed E-state index contributed by atoms with van der Waals surface area (Å²) in [5, 5.41) is 26.0. The summed E-state index contributed by atoms with van der Waals surface area (Å²) in [6.45, 7) is 1.76. The molecule has 0 aromatic heterocycles. The molecule has 2 aliphatic rings. The minimum absolute atomic E-state index is 0. The number of rotatable bonds is 14. The van der Waals surface area contributed by atoms with E-state index in [0.717, 1.165) is 5.56 Å². The first-order chi connectivity index (χ1) is 35.5. The van der Waals surface area contributed by atoms with Crippen LogP contribution < -0.4 is 5.32 Å². The standard InChI is InChI=1S/C30H28F6N2O5.C22H22F6N2O3.H2/c1-20(22-14-24(29(31,32)33)16-25(15-22)30(34,35)36)43-19-28(23-10-6-3-7-11-23)13-12-26(38(40)41)17-37(28)27(39)42-18-21-8-4-2-5-9-21;1-14(15-9-17(21(23,24)25)11-18(10-15)22(26,27)28)33-13-20(16-5-3-2-4-6-16)8-7-19(12-29-20)30(31)32;/h2-11,14-16,20,26H,12-13,17-19H2,1H3;2-6,9-11,14,19,29H,7-8,12-13H2,1H3;1H/t20-,26?,28-;14-,19?,20-;/m11./s1. The highest BCUT2D eigenvalue weighted by atomic mass is 19.4. The van der Waals surface area contributed by atoms with Crippen LogP contribution in [0.3, 0.4) is 0 Å². The SMILES string of the molecule is C[C@@H](OC[C@@]1(c2ccccc2)CCC([N+](=O)[O-])CN1)c1cc(C(F)(F)F)cc(C(F)(F)F)c1.C[C@@H](OC[C@@]1(c2ccccc2)CCC([N+](=O)[O-])CN1C(=O)OCc1ccccc1)c1cc(C(F)(F)F)cc(C(F)(F)F)c1.[HH]. The van der Waals surface area contributed by atoms with E-state index in [1.807, 2.05) is 0 Å². The molecule has 76 heavy (non-hydrogen) atoms.